The number of anilines is 1. The van der Waals surface area contributed by atoms with Crippen molar-refractivity contribution in [1.82, 2.24) is 14.7 Å². The van der Waals surface area contributed by atoms with Crippen LogP contribution in [0.15, 0.2) is 18.2 Å². The Balaban J connectivity index is 1.59. The molecule has 150 valence electrons. The number of aromatic nitrogens is 2. The quantitative estimate of drug-likeness (QED) is 0.859. The van der Waals surface area contributed by atoms with Gasteiger partial charge >= 0.3 is 6.03 Å². The molecule has 4 rings (SSSR count). The molecular weight excluding hydrogens is 360 g/mol. The van der Waals surface area contributed by atoms with Gasteiger partial charge in [0, 0.05) is 30.7 Å². The largest absolute Gasteiger partial charge is 0.497 e. The third-order valence-electron chi connectivity index (χ3n) is 5.06. The van der Waals surface area contributed by atoms with Crippen LogP contribution in [0.4, 0.5) is 10.6 Å². The van der Waals surface area contributed by atoms with Crippen LogP contribution in [0.3, 0.4) is 0 Å². The molecule has 0 aliphatic carbocycles. The molecule has 1 N–H and O–H groups in total. The van der Waals surface area contributed by atoms with Gasteiger partial charge in [0.2, 0.25) is 0 Å². The van der Waals surface area contributed by atoms with E-state index in [1.165, 1.54) is 0 Å². The third kappa shape index (κ3) is 3.52. The fourth-order valence-electron chi connectivity index (χ4n) is 3.74. The Labute approximate surface area is 164 Å². The van der Waals surface area contributed by atoms with E-state index in [1.54, 1.807) is 16.7 Å². The summed E-state index contributed by atoms with van der Waals surface area (Å²) in [6.45, 7) is 5.98. The molecule has 2 aliphatic heterocycles. The molecular formula is C20H26N4O4. The van der Waals surface area contributed by atoms with E-state index in [9.17, 15) is 4.79 Å². The number of aryl methyl sites for hydroxylation is 1. The number of fused-ring (bicyclic) bond motifs is 2. The average Bonchev–Trinajstić information content (AvgIpc) is 2.88. The minimum atomic E-state index is -0.538. The van der Waals surface area contributed by atoms with Crippen molar-refractivity contribution in [3.8, 4) is 11.5 Å². The minimum Gasteiger partial charge on any atom is -0.497 e. The second-order valence-corrected chi connectivity index (χ2v) is 7.82. The molecule has 0 unspecified atom stereocenters. The summed E-state index contributed by atoms with van der Waals surface area (Å²) in [6.07, 6.45) is 0.763. The Morgan fingerprint density at radius 2 is 2.18 bits per heavy atom. The molecule has 2 aromatic rings. The van der Waals surface area contributed by atoms with Crippen molar-refractivity contribution in [3.63, 3.8) is 0 Å². The van der Waals surface area contributed by atoms with E-state index in [1.807, 2.05) is 39.1 Å². The van der Waals surface area contributed by atoms with Gasteiger partial charge in [-0.1, -0.05) is 0 Å². The van der Waals surface area contributed by atoms with E-state index in [0.717, 1.165) is 34.7 Å². The second kappa shape index (κ2) is 7.01. The predicted molar refractivity (Wildman–Crippen MR) is 104 cm³/mol. The van der Waals surface area contributed by atoms with Gasteiger partial charge in [-0.05, 0) is 26.0 Å². The maximum absolute atomic E-state index is 13.1. The zero-order chi connectivity index (χ0) is 19.9. The summed E-state index contributed by atoms with van der Waals surface area (Å²) < 4.78 is 18.7. The highest BCUT2D eigenvalue weighted by atomic mass is 16.5. The lowest BCUT2D eigenvalue weighted by atomic mass is 10.1. The molecule has 0 fully saturated rings. The van der Waals surface area contributed by atoms with Gasteiger partial charge in [-0.15, -0.1) is 0 Å². The Hall–Kier alpha value is -2.74. The van der Waals surface area contributed by atoms with E-state index < -0.39 is 5.60 Å². The van der Waals surface area contributed by atoms with Crippen molar-refractivity contribution in [3.05, 3.63) is 35.0 Å². The van der Waals surface area contributed by atoms with Gasteiger partial charge in [0.1, 0.15) is 22.9 Å². The van der Waals surface area contributed by atoms with E-state index in [-0.39, 0.29) is 6.03 Å². The molecule has 8 nitrogen and oxygen atoms in total. The predicted octanol–water partition coefficient (Wildman–Crippen LogP) is 2.71. The summed E-state index contributed by atoms with van der Waals surface area (Å²) in [6, 6.07) is 5.51. The first-order chi connectivity index (χ1) is 13.4. The summed E-state index contributed by atoms with van der Waals surface area (Å²) in [5.41, 5.74) is 2.35. The lowest BCUT2D eigenvalue weighted by Gasteiger charge is -2.29. The molecule has 1 aromatic carbocycles. The number of carbonyl (C=O) groups excluding carboxylic acids is 1. The first-order valence-corrected chi connectivity index (χ1v) is 9.40. The number of hydrogen-bond donors (Lipinski definition) is 1. The van der Waals surface area contributed by atoms with Crippen LogP contribution < -0.4 is 14.8 Å². The van der Waals surface area contributed by atoms with Gasteiger partial charge in [0.05, 0.1) is 39.1 Å². The smallest absolute Gasteiger partial charge is 0.323 e. The number of ether oxygens (including phenoxy) is 3. The van der Waals surface area contributed by atoms with Crippen LogP contribution in [0.5, 0.6) is 11.5 Å². The number of amides is 2. The van der Waals surface area contributed by atoms with Crippen molar-refractivity contribution < 1.29 is 19.0 Å². The molecule has 2 amide bonds. The second-order valence-electron chi connectivity index (χ2n) is 7.82. The van der Waals surface area contributed by atoms with Gasteiger partial charge in [-0.2, -0.15) is 5.10 Å². The molecule has 0 atom stereocenters. The van der Waals surface area contributed by atoms with Crippen LogP contribution in [0, 0.1) is 0 Å². The number of nitrogens with one attached hydrogen (secondary N) is 1. The van der Waals surface area contributed by atoms with Gasteiger partial charge in [-0.3, -0.25) is 10.00 Å². The van der Waals surface area contributed by atoms with Crippen LogP contribution in [0.2, 0.25) is 0 Å². The number of methoxy groups -OCH3 is 1. The third-order valence-corrected chi connectivity index (χ3v) is 5.06. The molecule has 8 heteroatoms. The zero-order valence-electron chi connectivity index (χ0n) is 16.7. The highest BCUT2D eigenvalue weighted by Crippen LogP contribution is 2.33. The molecule has 28 heavy (non-hydrogen) atoms. The number of urea groups is 1. The molecule has 0 saturated carbocycles. The van der Waals surface area contributed by atoms with Crippen molar-refractivity contribution >= 4 is 11.8 Å². The molecule has 0 saturated heterocycles. The Kier molecular flexibility index (Phi) is 4.66. The first-order valence-electron chi connectivity index (χ1n) is 9.40. The number of benzene rings is 1. The van der Waals surface area contributed by atoms with E-state index >= 15 is 0 Å². The maximum atomic E-state index is 13.1. The highest BCUT2D eigenvalue weighted by molar-refractivity contribution is 5.89. The van der Waals surface area contributed by atoms with Crippen molar-refractivity contribution in [1.29, 1.82) is 0 Å². The Morgan fingerprint density at radius 1 is 1.36 bits per heavy atom. The van der Waals surface area contributed by atoms with Crippen LogP contribution >= 0.6 is 0 Å². The summed E-state index contributed by atoms with van der Waals surface area (Å²) in [5.74, 6) is 2.16. The van der Waals surface area contributed by atoms with Crippen LogP contribution in [0.1, 0.15) is 30.7 Å². The first kappa shape index (κ1) is 18.6. The summed E-state index contributed by atoms with van der Waals surface area (Å²) >= 11 is 0. The SMILES string of the molecule is COc1ccc2c(c1)OC(C)(C)CN(C(=O)Nc1c3c(nn1C)CCOC3)C2. The fraction of sp³-hybridized carbons (Fsp3) is 0.500. The van der Waals surface area contributed by atoms with E-state index in [0.29, 0.717) is 32.1 Å². The van der Waals surface area contributed by atoms with Gasteiger partial charge in [0.25, 0.3) is 0 Å². The number of carbonyl (C=O) groups is 1. The topological polar surface area (TPSA) is 77.9 Å². The standard InChI is InChI=1S/C20H26N4O4/c1-20(2)12-24(10-13-5-6-14(26-4)9-17(13)28-20)19(25)21-18-15-11-27-8-7-16(15)22-23(18)3/h5-6,9H,7-8,10-12H2,1-4H3,(H,21,25). The number of rotatable bonds is 2. The number of nitrogens with zero attached hydrogens (tertiary/aromatic N) is 3. The van der Waals surface area contributed by atoms with E-state index in [2.05, 4.69) is 10.4 Å². The zero-order valence-corrected chi connectivity index (χ0v) is 16.7. The van der Waals surface area contributed by atoms with Crippen molar-refractivity contribution in [2.24, 2.45) is 7.05 Å². The molecule has 3 heterocycles. The fourth-order valence-corrected chi connectivity index (χ4v) is 3.74. The number of hydrogen-bond acceptors (Lipinski definition) is 5. The van der Waals surface area contributed by atoms with Crippen molar-refractivity contribution in [2.75, 3.05) is 25.6 Å². The highest BCUT2D eigenvalue weighted by Gasteiger charge is 2.33. The lowest BCUT2D eigenvalue weighted by Crippen LogP contribution is -2.45. The van der Waals surface area contributed by atoms with Gasteiger partial charge in [0.15, 0.2) is 0 Å². The van der Waals surface area contributed by atoms with Gasteiger partial charge < -0.3 is 19.1 Å². The maximum Gasteiger partial charge on any atom is 0.323 e. The summed E-state index contributed by atoms with van der Waals surface area (Å²) in [4.78, 5) is 14.9. The van der Waals surface area contributed by atoms with E-state index in [4.69, 9.17) is 14.2 Å². The van der Waals surface area contributed by atoms with Crippen molar-refractivity contribution in [2.45, 2.75) is 39.0 Å². The minimum absolute atomic E-state index is 0.184. The molecule has 0 bridgehead atoms. The normalized spacial score (nSPS) is 17.8. The summed E-state index contributed by atoms with van der Waals surface area (Å²) in [7, 11) is 3.46. The van der Waals surface area contributed by atoms with Gasteiger partial charge in [-0.25, -0.2) is 4.79 Å². The molecule has 0 spiro atoms. The van der Waals surface area contributed by atoms with Crippen LogP contribution in [-0.2, 0) is 31.4 Å². The monoisotopic (exact) mass is 386 g/mol. The summed E-state index contributed by atoms with van der Waals surface area (Å²) in [5, 5.41) is 7.55. The Morgan fingerprint density at radius 3 is 2.96 bits per heavy atom. The molecule has 2 aliphatic rings. The Bertz CT molecular complexity index is 906. The van der Waals surface area contributed by atoms with Crippen LogP contribution in [0.25, 0.3) is 0 Å². The molecule has 0 radical (unpaired) electrons. The average molecular weight is 386 g/mol. The lowest BCUT2D eigenvalue weighted by molar-refractivity contribution is 0.0832. The molecule has 1 aromatic heterocycles. The van der Waals surface area contributed by atoms with Crippen LogP contribution in [-0.4, -0.2) is 46.6 Å².